The SMILES string of the molecule is CC/C=C\C/C=C\C/C=C\C/C=C\CCCCC(=O)NC(COC1OC(CO)C(OC2OC(CO)C(OC3OC(CO)C(O)C(O)C3O)C(O)C2O)C(O)C1O)C(O)/C=C/CCCCCCCCCCC. The molecule has 3 fully saturated rings. The number of rotatable bonds is 35. The number of hydrogen-bond acceptors (Lipinski definition) is 18. The summed E-state index contributed by atoms with van der Waals surface area (Å²) >= 11 is 0. The smallest absolute Gasteiger partial charge is 0.220 e. The zero-order valence-corrected chi connectivity index (χ0v) is 41.9. The molecule has 19 nitrogen and oxygen atoms in total. The summed E-state index contributed by atoms with van der Waals surface area (Å²) in [4.78, 5) is 13.2. The predicted octanol–water partition coefficient (Wildman–Crippen LogP) is 2.14. The minimum absolute atomic E-state index is 0.188. The number of aliphatic hydroxyl groups excluding tert-OH is 11. The summed E-state index contributed by atoms with van der Waals surface area (Å²) in [5.41, 5.74) is 0. The highest BCUT2D eigenvalue weighted by Gasteiger charge is 2.53. The number of unbranched alkanes of at least 4 members (excludes halogenated alkanes) is 11. The zero-order valence-electron chi connectivity index (χ0n) is 41.9. The van der Waals surface area contributed by atoms with Crippen LogP contribution in [0.15, 0.2) is 60.8 Å². The van der Waals surface area contributed by atoms with E-state index in [9.17, 15) is 61.0 Å². The van der Waals surface area contributed by atoms with E-state index in [2.05, 4.69) is 67.8 Å². The second-order valence-electron chi connectivity index (χ2n) is 18.6. The van der Waals surface area contributed by atoms with E-state index in [1.807, 2.05) is 6.08 Å². The molecule has 410 valence electrons. The van der Waals surface area contributed by atoms with Crippen LogP contribution in [0.5, 0.6) is 0 Å². The molecular weight excluding hydrogens is 927 g/mol. The fourth-order valence-corrected chi connectivity index (χ4v) is 8.47. The topological polar surface area (TPSA) is 307 Å². The van der Waals surface area contributed by atoms with Gasteiger partial charge in [0.15, 0.2) is 18.9 Å². The normalized spacial score (nSPS) is 32.8. The summed E-state index contributed by atoms with van der Waals surface area (Å²) in [5, 5.41) is 120. The Labute approximate surface area is 420 Å². The first kappa shape index (κ1) is 62.8. The molecule has 17 unspecified atom stereocenters. The van der Waals surface area contributed by atoms with Gasteiger partial charge in [0.2, 0.25) is 5.91 Å². The molecule has 3 aliphatic heterocycles. The van der Waals surface area contributed by atoms with Crippen LogP contribution in [0.1, 0.15) is 129 Å². The van der Waals surface area contributed by atoms with Crippen molar-refractivity contribution in [2.45, 2.75) is 234 Å². The first-order chi connectivity index (χ1) is 34.3. The molecule has 3 rings (SSSR count). The number of hydrogen-bond donors (Lipinski definition) is 12. The van der Waals surface area contributed by atoms with Crippen molar-refractivity contribution in [3.05, 3.63) is 60.8 Å². The van der Waals surface area contributed by atoms with Crippen LogP contribution >= 0.6 is 0 Å². The highest BCUT2D eigenvalue weighted by atomic mass is 16.8. The van der Waals surface area contributed by atoms with Gasteiger partial charge in [-0.15, -0.1) is 0 Å². The molecule has 0 bridgehead atoms. The molecule has 71 heavy (non-hydrogen) atoms. The maximum absolute atomic E-state index is 13.2. The molecule has 3 heterocycles. The Hall–Kier alpha value is -2.51. The molecule has 0 aromatic heterocycles. The summed E-state index contributed by atoms with van der Waals surface area (Å²) in [6, 6.07) is -0.994. The second kappa shape index (κ2) is 36.4. The quantitative estimate of drug-likeness (QED) is 0.0320. The van der Waals surface area contributed by atoms with Crippen molar-refractivity contribution in [1.29, 1.82) is 0 Å². The molecule has 12 N–H and O–H groups in total. The average molecular weight is 1020 g/mol. The lowest BCUT2D eigenvalue weighted by molar-refractivity contribution is -0.379. The number of allylic oxidation sites excluding steroid dienone is 9. The van der Waals surface area contributed by atoms with Crippen LogP contribution in [-0.4, -0.2) is 193 Å². The van der Waals surface area contributed by atoms with Gasteiger partial charge in [-0.1, -0.05) is 126 Å². The van der Waals surface area contributed by atoms with Gasteiger partial charge in [0.05, 0.1) is 38.6 Å². The van der Waals surface area contributed by atoms with E-state index in [4.69, 9.17) is 28.4 Å². The zero-order chi connectivity index (χ0) is 52.0. The van der Waals surface area contributed by atoms with Crippen LogP contribution in [0.3, 0.4) is 0 Å². The molecule has 1 amide bonds. The van der Waals surface area contributed by atoms with Crippen molar-refractivity contribution in [3.8, 4) is 0 Å². The lowest BCUT2D eigenvalue weighted by Gasteiger charge is -2.48. The third-order valence-electron chi connectivity index (χ3n) is 12.8. The molecule has 0 saturated carbocycles. The van der Waals surface area contributed by atoms with Crippen molar-refractivity contribution >= 4 is 5.91 Å². The molecular formula is C52H89NO18. The monoisotopic (exact) mass is 1020 g/mol. The first-order valence-corrected chi connectivity index (χ1v) is 26.0. The van der Waals surface area contributed by atoms with Crippen molar-refractivity contribution < 1.29 is 89.4 Å². The van der Waals surface area contributed by atoms with Crippen LogP contribution in [-0.2, 0) is 33.2 Å². The van der Waals surface area contributed by atoms with Crippen molar-refractivity contribution in [2.24, 2.45) is 0 Å². The molecule has 0 aromatic carbocycles. The molecule has 3 saturated heterocycles. The van der Waals surface area contributed by atoms with E-state index in [1.54, 1.807) is 6.08 Å². The van der Waals surface area contributed by atoms with Gasteiger partial charge in [-0.05, 0) is 57.8 Å². The standard InChI is InChI=1S/C52H89NO18/c1-3-5-7-9-11-13-15-16-17-18-20-22-24-26-28-30-40(58)53-35(36(57)29-27-25-23-21-19-14-12-10-8-6-4-2)34-66-50-46(64)43(61)48(38(32-55)68-50)71-52-47(65)44(62)49(39(33-56)69-52)70-51-45(63)42(60)41(59)37(31-54)67-51/h5,7,11,13,16-17,20,22,27,29,35-39,41-52,54-57,59-65H,3-4,6,8-10,12,14-15,18-19,21,23-26,28,30-34H2,1-2H3,(H,53,58)/b7-5-,13-11-,17-16-,22-20-,29-27+. The number of ether oxygens (including phenoxy) is 6. The molecule has 0 aliphatic carbocycles. The highest BCUT2D eigenvalue weighted by molar-refractivity contribution is 5.76. The molecule has 0 radical (unpaired) electrons. The largest absolute Gasteiger partial charge is 0.394 e. The molecule has 17 atom stereocenters. The van der Waals surface area contributed by atoms with Gasteiger partial charge in [0.25, 0.3) is 0 Å². The number of aliphatic hydroxyl groups is 11. The fraction of sp³-hybridized carbons (Fsp3) is 0.788. The van der Waals surface area contributed by atoms with Crippen molar-refractivity contribution in [3.63, 3.8) is 0 Å². The van der Waals surface area contributed by atoms with E-state index in [0.717, 1.165) is 64.2 Å². The molecule has 0 aromatic rings. The minimum atomic E-state index is -1.98. The Morgan fingerprint density at radius 3 is 1.52 bits per heavy atom. The summed E-state index contributed by atoms with van der Waals surface area (Å²) < 4.78 is 34.1. The van der Waals surface area contributed by atoms with E-state index in [-0.39, 0.29) is 18.9 Å². The van der Waals surface area contributed by atoms with E-state index in [0.29, 0.717) is 6.42 Å². The lowest BCUT2D eigenvalue weighted by atomic mass is 9.96. The van der Waals surface area contributed by atoms with E-state index >= 15 is 0 Å². The Bertz CT molecular complexity index is 1540. The Morgan fingerprint density at radius 2 is 0.972 bits per heavy atom. The van der Waals surface area contributed by atoms with Gasteiger partial charge < -0.3 is 89.9 Å². The Kier molecular flexibility index (Phi) is 32.2. The highest BCUT2D eigenvalue weighted by Crippen LogP contribution is 2.33. The van der Waals surface area contributed by atoms with Gasteiger partial charge in [-0.2, -0.15) is 0 Å². The second-order valence-corrected chi connectivity index (χ2v) is 18.6. The van der Waals surface area contributed by atoms with Crippen molar-refractivity contribution in [1.82, 2.24) is 5.32 Å². The lowest BCUT2D eigenvalue weighted by Crippen LogP contribution is -2.66. The first-order valence-electron chi connectivity index (χ1n) is 26.0. The third kappa shape index (κ3) is 22.1. The van der Waals surface area contributed by atoms with Crippen LogP contribution in [0.2, 0.25) is 0 Å². The van der Waals surface area contributed by atoms with Gasteiger partial charge in [0.1, 0.15) is 73.2 Å². The maximum atomic E-state index is 13.2. The number of carbonyl (C=O) groups excluding carboxylic acids is 1. The maximum Gasteiger partial charge on any atom is 0.220 e. The summed E-state index contributed by atoms with van der Waals surface area (Å²) in [6.45, 7) is 1.50. The summed E-state index contributed by atoms with van der Waals surface area (Å²) in [7, 11) is 0. The van der Waals surface area contributed by atoms with Gasteiger partial charge in [-0.3, -0.25) is 4.79 Å². The van der Waals surface area contributed by atoms with E-state index in [1.165, 1.54) is 38.5 Å². The molecule has 3 aliphatic rings. The van der Waals surface area contributed by atoms with Crippen molar-refractivity contribution in [2.75, 3.05) is 26.4 Å². The minimum Gasteiger partial charge on any atom is -0.394 e. The summed E-state index contributed by atoms with van der Waals surface area (Å²) in [5.74, 6) is -0.322. The number of carbonyl (C=O) groups is 1. The Balaban J connectivity index is 1.57. The van der Waals surface area contributed by atoms with Gasteiger partial charge in [-0.25, -0.2) is 0 Å². The Morgan fingerprint density at radius 1 is 0.521 bits per heavy atom. The molecule has 19 heteroatoms. The van der Waals surface area contributed by atoms with E-state index < -0.39 is 124 Å². The number of amides is 1. The predicted molar refractivity (Wildman–Crippen MR) is 263 cm³/mol. The van der Waals surface area contributed by atoms with Crippen LogP contribution in [0, 0.1) is 0 Å². The van der Waals surface area contributed by atoms with Crippen LogP contribution in [0.25, 0.3) is 0 Å². The van der Waals surface area contributed by atoms with Crippen LogP contribution in [0.4, 0.5) is 0 Å². The van der Waals surface area contributed by atoms with Crippen LogP contribution < -0.4 is 5.32 Å². The third-order valence-corrected chi connectivity index (χ3v) is 12.8. The van der Waals surface area contributed by atoms with Gasteiger partial charge >= 0.3 is 0 Å². The van der Waals surface area contributed by atoms with Gasteiger partial charge in [0, 0.05) is 6.42 Å². The molecule has 0 spiro atoms. The number of nitrogens with one attached hydrogen (secondary N) is 1. The average Bonchev–Trinajstić information content (AvgIpc) is 3.36. The fourth-order valence-electron chi connectivity index (χ4n) is 8.47. The summed E-state index contributed by atoms with van der Waals surface area (Å²) in [6.07, 6.45) is 10.9.